The SMILES string of the molecule is CCCCC(CC)COc1ccc(C(C)O)cc1F. The highest BCUT2D eigenvalue weighted by Gasteiger charge is 2.11. The normalized spacial score (nSPS) is 14.2. The molecule has 0 bridgehead atoms. The minimum Gasteiger partial charge on any atom is -0.490 e. The van der Waals surface area contributed by atoms with Gasteiger partial charge in [0.2, 0.25) is 0 Å². The lowest BCUT2D eigenvalue weighted by Crippen LogP contribution is -2.12. The molecule has 0 aliphatic heterocycles. The maximum atomic E-state index is 13.8. The van der Waals surface area contributed by atoms with Gasteiger partial charge in [0.15, 0.2) is 11.6 Å². The maximum Gasteiger partial charge on any atom is 0.165 e. The van der Waals surface area contributed by atoms with Crippen LogP contribution in [0.2, 0.25) is 0 Å². The molecule has 3 heteroatoms. The van der Waals surface area contributed by atoms with Crippen molar-refractivity contribution in [2.45, 2.75) is 52.6 Å². The van der Waals surface area contributed by atoms with Crippen molar-refractivity contribution >= 4 is 0 Å². The molecule has 1 rings (SSSR count). The summed E-state index contributed by atoms with van der Waals surface area (Å²) in [6.45, 7) is 6.48. The predicted octanol–water partition coefficient (Wildman–Crippen LogP) is 4.47. The molecule has 19 heavy (non-hydrogen) atoms. The predicted molar refractivity (Wildman–Crippen MR) is 75.8 cm³/mol. The Labute approximate surface area is 115 Å². The average Bonchev–Trinajstić information content (AvgIpc) is 2.40. The fourth-order valence-corrected chi connectivity index (χ4v) is 2.00. The summed E-state index contributed by atoms with van der Waals surface area (Å²) in [5.74, 6) is 0.360. The van der Waals surface area contributed by atoms with E-state index in [9.17, 15) is 9.50 Å². The van der Waals surface area contributed by atoms with E-state index in [1.165, 1.54) is 18.9 Å². The Kier molecular flexibility index (Phi) is 6.85. The molecule has 0 heterocycles. The van der Waals surface area contributed by atoms with Crippen LogP contribution >= 0.6 is 0 Å². The van der Waals surface area contributed by atoms with Crippen LogP contribution in [0.15, 0.2) is 18.2 Å². The van der Waals surface area contributed by atoms with Gasteiger partial charge in [0.05, 0.1) is 12.7 Å². The van der Waals surface area contributed by atoms with E-state index in [-0.39, 0.29) is 5.75 Å². The number of unbranched alkanes of at least 4 members (excludes halogenated alkanes) is 1. The van der Waals surface area contributed by atoms with Crippen molar-refractivity contribution in [1.29, 1.82) is 0 Å². The number of aliphatic hydroxyl groups excluding tert-OH is 1. The number of rotatable bonds is 8. The van der Waals surface area contributed by atoms with Crippen LogP contribution in [-0.4, -0.2) is 11.7 Å². The first-order valence-corrected chi connectivity index (χ1v) is 7.18. The third kappa shape index (κ3) is 5.19. The Bertz CT molecular complexity index is 377. The van der Waals surface area contributed by atoms with Gasteiger partial charge in [0, 0.05) is 0 Å². The van der Waals surface area contributed by atoms with Gasteiger partial charge in [-0.1, -0.05) is 39.2 Å². The molecule has 0 aromatic heterocycles. The molecule has 0 fully saturated rings. The minimum absolute atomic E-state index is 0.277. The molecule has 0 amide bonds. The Balaban J connectivity index is 2.57. The molecular weight excluding hydrogens is 243 g/mol. The van der Waals surface area contributed by atoms with E-state index in [4.69, 9.17) is 4.74 Å². The van der Waals surface area contributed by atoms with E-state index in [2.05, 4.69) is 13.8 Å². The van der Waals surface area contributed by atoms with Crippen LogP contribution in [0.5, 0.6) is 5.75 Å². The number of benzene rings is 1. The molecule has 1 N–H and O–H groups in total. The van der Waals surface area contributed by atoms with Gasteiger partial charge in [-0.3, -0.25) is 0 Å². The van der Waals surface area contributed by atoms with E-state index in [0.29, 0.717) is 18.1 Å². The molecule has 0 aliphatic carbocycles. The number of halogens is 1. The molecule has 0 saturated carbocycles. The summed E-state index contributed by atoms with van der Waals surface area (Å²) in [7, 11) is 0. The molecule has 108 valence electrons. The molecule has 0 spiro atoms. The lowest BCUT2D eigenvalue weighted by Gasteiger charge is -2.16. The topological polar surface area (TPSA) is 29.5 Å². The second-order valence-electron chi connectivity index (χ2n) is 5.09. The first-order valence-electron chi connectivity index (χ1n) is 7.18. The number of hydrogen-bond donors (Lipinski definition) is 1. The van der Waals surface area contributed by atoms with Gasteiger partial charge in [0.1, 0.15) is 0 Å². The Morgan fingerprint density at radius 2 is 2.05 bits per heavy atom. The van der Waals surface area contributed by atoms with E-state index in [0.717, 1.165) is 12.8 Å². The van der Waals surface area contributed by atoms with Gasteiger partial charge in [-0.15, -0.1) is 0 Å². The van der Waals surface area contributed by atoms with Crippen molar-refractivity contribution in [2.24, 2.45) is 5.92 Å². The lowest BCUT2D eigenvalue weighted by molar-refractivity contribution is 0.197. The van der Waals surface area contributed by atoms with Gasteiger partial charge in [-0.05, 0) is 37.0 Å². The highest BCUT2D eigenvalue weighted by Crippen LogP contribution is 2.23. The zero-order chi connectivity index (χ0) is 14.3. The van der Waals surface area contributed by atoms with Crippen molar-refractivity contribution < 1.29 is 14.2 Å². The molecular formula is C16H25FO2. The third-order valence-electron chi connectivity index (χ3n) is 3.46. The van der Waals surface area contributed by atoms with Crippen LogP contribution in [-0.2, 0) is 0 Å². The van der Waals surface area contributed by atoms with Crippen LogP contribution in [0.4, 0.5) is 4.39 Å². The Hall–Kier alpha value is -1.09. The molecule has 1 aromatic carbocycles. The molecule has 2 atom stereocenters. The summed E-state index contributed by atoms with van der Waals surface area (Å²) in [5, 5.41) is 9.38. The Morgan fingerprint density at radius 1 is 1.32 bits per heavy atom. The van der Waals surface area contributed by atoms with E-state index in [1.54, 1.807) is 19.1 Å². The summed E-state index contributed by atoms with van der Waals surface area (Å²) < 4.78 is 19.3. The van der Waals surface area contributed by atoms with Crippen LogP contribution in [0, 0.1) is 11.7 Å². The summed E-state index contributed by atoms with van der Waals surface area (Å²) in [6, 6.07) is 4.65. The van der Waals surface area contributed by atoms with Gasteiger partial charge >= 0.3 is 0 Å². The number of ether oxygens (including phenoxy) is 1. The highest BCUT2D eigenvalue weighted by atomic mass is 19.1. The number of aliphatic hydroxyl groups is 1. The van der Waals surface area contributed by atoms with Gasteiger partial charge < -0.3 is 9.84 Å². The Morgan fingerprint density at radius 3 is 2.58 bits per heavy atom. The van der Waals surface area contributed by atoms with Crippen molar-refractivity contribution in [3.05, 3.63) is 29.6 Å². The van der Waals surface area contributed by atoms with Crippen LogP contribution < -0.4 is 4.74 Å². The van der Waals surface area contributed by atoms with Crippen molar-refractivity contribution in [1.82, 2.24) is 0 Å². The van der Waals surface area contributed by atoms with E-state index < -0.39 is 11.9 Å². The van der Waals surface area contributed by atoms with Crippen molar-refractivity contribution in [3.63, 3.8) is 0 Å². The largest absolute Gasteiger partial charge is 0.490 e. The zero-order valence-electron chi connectivity index (χ0n) is 12.2. The second kappa shape index (κ2) is 8.16. The number of hydrogen-bond acceptors (Lipinski definition) is 2. The lowest BCUT2D eigenvalue weighted by atomic mass is 10.0. The summed E-state index contributed by atoms with van der Waals surface area (Å²) in [5.41, 5.74) is 0.572. The monoisotopic (exact) mass is 268 g/mol. The molecule has 2 unspecified atom stereocenters. The van der Waals surface area contributed by atoms with Gasteiger partial charge in [-0.2, -0.15) is 0 Å². The second-order valence-corrected chi connectivity index (χ2v) is 5.09. The van der Waals surface area contributed by atoms with Crippen molar-refractivity contribution in [3.8, 4) is 5.75 Å². The molecule has 0 radical (unpaired) electrons. The maximum absolute atomic E-state index is 13.8. The first kappa shape index (κ1) is 16.0. The fraction of sp³-hybridized carbons (Fsp3) is 0.625. The van der Waals surface area contributed by atoms with Crippen LogP contribution in [0.25, 0.3) is 0 Å². The fourth-order valence-electron chi connectivity index (χ4n) is 2.00. The molecule has 2 nitrogen and oxygen atoms in total. The summed E-state index contributed by atoms with van der Waals surface area (Å²) >= 11 is 0. The standard InChI is InChI=1S/C16H25FO2/c1-4-6-7-13(5-2)11-19-16-9-8-14(12(3)18)10-15(16)17/h8-10,12-13,18H,4-7,11H2,1-3H3. The smallest absolute Gasteiger partial charge is 0.165 e. The van der Waals surface area contributed by atoms with E-state index >= 15 is 0 Å². The summed E-state index contributed by atoms with van der Waals surface area (Å²) in [6.07, 6.45) is 3.88. The minimum atomic E-state index is -0.656. The van der Waals surface area contributed by atoms with Gasteiger partial charge in [-0.25, -0.2) is 4.39 Å². The summed E-state index contributed by atoms with van der Waals surface area (Å²) in [4.78, 5) is 0. The third-order valence-corrected chi connectivity index (χ3v) is 3.46. The highest BCUT2D eigenvalue weighted by molar-refractivity contribution is 5.30. The quantitative estimate of drug-likeness (QED) is 0.753. The van der Waals surface area contributed by atoms with E-state index in [1.807, 2.05) is 0 Å². The molecule has 1 aromatic rings. The van der Waals surface area contributed by atoms with Gasteiger partial charge in [0.25, 0.3) is 0 Å². The van der Waals surface area contributed by atoms with Crippen LogP contribution in [0.1, 0.15) is 58.1 Å². The molecule has 0 aliphatic rings. The average molecular weight is 268 g/mol. The first-order chi connectivity index (χ1) is 9.08. The van der Waals surface area contributed by atoms with Crippen molar-refractivity contribution in [2.75, 3.05) is 6.61 Å². The molecule has 0 saturated heterocycles. The van der Waals surface area contributed by atoms with Crippen LogP contribution in [0.3, 0.4) is 0 Å². The zero-order valence-corrected chi connectivity index (χ0v) is 12.2.